The van der Waals surface area contributed by atoms with E-state index >= 15 is 0 Å². The van der Waals surface area contributed by atoms with Gasteiger partial charge in [-0.1, -0.05) is 30.7 Å². The zero-order valence-electron chi connectivity index (χ0n) is 15.3. The first-order valence-corrected chi connectivity index (χ1v) is 9.27. The van der Waals surface area contributed by atoms with Crippen LogP contribution in [0.2, 0.25) is 5.02 Å². The molecule has 0 fully saturated rings. The molecule has 9 heteroatoms. The molecule has 1 amide bonds. The number of amides is 1. The fraction of sp³-hybridized carbons (Fsp3) is 0.368. The second-order valence-electron chi connectivity index (χ2n) is 6.47. The Morgan fingerprint density at radius 1 is 1.32 bits per heavy atom. The predicted molar refractivity (Wildman–Crippen MR) is 100 cm³/mol. The summed E-state index contributed by atoms with van der Waals surface area (Å²) in [6.45, 7) is 4.36. The number of carbonyl (C=O) groups is 1. The Morgan fingerprint density at radius 2 is 2.11 bits per heavy atom. The van der Waals surface area contributed by atoms with Crippen LogP contribution in [0.3, 0.4) is 0 Å². The maximum atomic E-state index is 13.1. The van der Waals surface area contributed by atoms with Gasteiger partial charge >= 0.3 is 6.18 Å². The largest absolute Gasteiger partial charge is 0.435 e. The van der Waals surface area contributed by atoms with Crippen molar-refractivity contribution in [3.8, 4) is 5.69 Å². The number of halogens is 4. The van der Waals surface area contributed by atoms with Gasteiger partial charge in [-0.05, 0) is 37.2 Å². The van der Waals surface area contributed by atoms with E-state index < -0.39 is 11.9 Å². The molecule has 0 saturated heterocycles. The minimum absolute atomic E-state index is 0.0801. The fourth-order valence-corrected chi connectivity index (χ4v) is 3.19. The van der Waals surface area contributed by atoms with Gasteiger partial charge in [0, 0.05) is 23.7 Å². The van der Waals surface area contributed by atoms with E-state index in [0.717, 1.165) is 23.8 Å². The smallest absolute Gasteiger partial charge is 0.347 e. The molecule has 0 aliphatic carbocycles. The molecule has 0 spiro atoms. The fourth-order valence-electron chi connectivity index (χ4n) is 3.00. The molecule has 0 bridgehead atoms. The van der Waals surface area contributed by atoms with E-state index in [1.54, 1.807) is 18.2 Å². The van der Waals surface area contributed by atoms with Crippen LogP contribution in [0.1, 0.15) is 24.7 Å². The maximum Gasteiger partial charge on any atom is 0.435 e. The Bertz CT molecular complexity index is 892. The normalized spacial score (nSPS) is 15.4. The summed E-state index contributed by atoms with van der Waals surface area (Å²) in [5.41, 5.74) is 0.235. The molecular weight excluding hydrogens is 393 g/mol. The van der Waals surface area contributed by atoms with E-state index in [1.807, 2.05) is 13.0 Å². The first kappa shape index (κ1) is 20.4. The summed E-state index contributed by atoms with van der Waals surface area (Å²) >= 11 is 5.95. The highest BCUT2D eigenvalue weighted by molar-refractivity contribution is 6.30. The molecule has 28 heavy (non-hydrogen) atoms. The molecule has 2 heterocycles. The van der Waals surface area contributed by atoms with E-state index in [2.05, 4.69) is 15.3 Å². The Kier molecular flexibility index (Phi) is 6.10. The van der Waals surface area contributed by atoms with Crippen LogP contribution in [0.25, 0.3) is 5.69 Å². The van der Waals surface area contributed by atoms with Crippen molar-refractivity contribution in [2.75, 3.05) is 19.6 Å². The molecule has 1 aromatic carbocycles. The quantitative estimate of drug-likeness (QED) is 0.812. The molecule has 1 aliphatic rings. The highest BCUT2D eigenvalue weighted by atomic mass is 35.5. The van der Waals surface area contributed by atoms with Crippen molar-refractivity contribution in [3.63, 3.8) is 0 Å². The maximum absolute atomic E-state index is 13.1. The van der Waals surface area contributed by atoms with Crippen LogP contribution in [0.5, 0.6) is 0 Å². The summed E-state index contributed by atoms with van der Waals surface area (Å²) in [6, 6.07) is 7.31. The lowest BCUT2D eigenvalue weighted by Crippen LogP contribution is -2.33. The number of likely N-dealkylation sites (N-methyl/N-ethyl adjacent to an activating group) is 1. The summed E-state index contributed by atoms with van der Waals surface area (Å²) < 4.78 is 40.6. The third-order valence-electron chi connectivity index (χ3n) is 4.59. The number of nitrogens with one attached hydrogen (secondary N) is 1. The number of hydrogen-bond acceptors (Lipinski definition) is 3. The SMILES string of the molecule is CCN1CC=C(C(=O)NCc2cc(C(F)(F)F)nn2-c2cccc(Cl)c2)CC1. The Balaban J connectivity index is 1.80. The van der Waals surface area contributed by atoms with Crippen molar-refractivity contribution in [2.45, 2.75) is 26.1 Å². The van der Waals surface area contributed by atoms with E-state index in [4.69, 9.17) is 11.6 Å². The first-order chi connectivity index (χ1) is 13.3. The molecular formula is C19H20ClF3N4O. The molecule has 1 aromatic heterocycles. The Morgan fingerprint density at radius 3 is 2.71 bits per heavy atom. The van der Waals surface area contributed by atoms with Crippen LogP contribution in [0, 0.1) is 0 Å². The molecule has 1 aliphatic heterocycles. The van der Waals surface area contributed by atoms with Gasteiger partial charge in [-0.2, -0.15) is 18.3 Å². The minimum atomic E-state index is -4.59. The molecule has 0 saturated carbocycles. The Labute approximate surface area is 165 Å². The minimum Gasteiger partial charge on any atom is -0.347 e. The van der Waals surface area contributed by atoms with Gasteiger partial charge in [-0.15, -0.1) is 0 Å². The molecule has 3 rings (SSSR count). The number of benzene rings is 1. The monoisotopic (exact) mass is 412 g/mol. The van der Waals surface area contributed by atoms with Gasteiger partial charge in [0.25, 0.3) is 0 Å². The van der Waals surface area contributed by atoms with Crippen molar-refractivity contribution in [1.82, 2.24) is 20.0 Å². The molecule has 2 aromatic rings. The first-order valence-electron chi connectivity index (χ1n) is 8.89. The van der Waals surface area contributed by atoms with Crippen LogP contribution in [0.15, 0.2) is 42.0 Å². The average molecular weight is 413 g/mol. The van der Waals surface area contributed by atoms with Gasteiger partial charge in [0.2, 0.25) is 5.91 Å². The summed E-state index contributed by atoms with van der Waals surface area (Å²) in [5, 5.41) is 6.75. The molecule has 0 atom stereocenters. The lowest BCUT2D eigenvalue weighted by molar-refractivity contribution is -0.141. The van der Waals surface area contributed by atoms with Gasteiger partial charge in [-0.3, -0.25) is 9.69 Å². The number of aromatic nitrogens is 2. The lowest BCUT2D eigenvalue weighted by atomic mass is 10.1. The van der Waals surface area contributed by atoms with Crippen LogP contribution in [0.4, 0.5) is 13.2 Å². The second kappa shape index (κ2) is 8.36. The van der Waals surface area contributed by atoms with Gasteiger partial charge in [-0.25, -0.2) is 4.68 Å². The highest BCUT2D eigenvalue weighted by Crippen LogP contribution is 2.30. The molecule has 0 radical (unpaired) electrons. The number of nitrogens with zero attached hydrogens (tertiary/aromatic N) is 3. The van der Waals surface area contributed by atoms with Gasteiger partial charge in [0.1, 0.15) is 0 Å². The summed E-state index contributed by atoms with van der Waals surface area (Å²) in [7, 11) is 0. The topological polar surface area (TPSA) is 50.2 Å². The van der Waals surface area contributed by atoms with Crippen molar-refractivity contribution in [1.29, 1.82) is 0 Å². The van der Waals surface area contributed by atoms with E-state index in [1.165, 1.54) is 6.07 Å². The zero-order valence-corrected chi connectivity index (χ0v) is 16.0. The van der Waals surface area contributed by atoms with E-state index in [0.29, 0.717) is 29.2 Å². The second-order valence-corrected chi connectivity index (χ2v) is 6.90. The van der Waals surface area contributed by atoms with Gasteiger partial charge in [0.15, 0.2) is 5.69 Å². The highest BCUT2D eigenvalue weighted by Gasteiger charge is 2.35. The van der Waals surface area contributed by atoms with Crippen molar-refractivity contribution >= 4 is 17.5 Å². The molecule has 5 nitrogen and oxygen atoms in total. The van der Waals surface area contributed by atoms with Gasteiger partial charge < -0.3 is 5.32 Å². The predicted octanol–water partition coefficient (Wildman–Crippen LogP) is 3.81. The van der Waals surface area contributed by atoms with Crippen molar-refractivity contribution in [3.05, 3.63) is 58.4 Å². The molecule has 1 N–H and O–H groups in total. The third kappa shape index (κ3) is 4.74. The summed E-state index contributed by atoms with van der Waals surface area (Å²) in [5.74, 6) is -0.275. The van der Waals surface area contributed by atoms with Gasteiger partial charge in [0.05, 0.1) is 17.9 Å². The van der Waals surface area contributed by atoms with Crippen LogP contribution in [-0.2, 0) is 17.5 Å². The standard InChI is InChI=1S/C19H20ClF3N4O/c1-2-26-8-6-13(7-9-26)18(28)24-12-16-11-17(19(21,22)23)25-27(16)15-5-3-4-14(20)10-15/h3-6,10-11H,2,7-9,12H2,1H3,(H,24,28). The Hall–Kier alpha value is -2.32. The van der Waals surface area contributed by atoms with E-state index in [9.17, 15) is 18.0 Å². The number of alkyl halides is 3. The van der Waals surface area contributed by atoms with Crippen LogP contribution in [-0.4, -0.2) is 40.2 Å². The summed E-state index contributed by atoms with van der Waals surface area (Å²) in [6.07, 6.45) is -2.11. The number of carbonyl (C=O) groups excluding carboxylic acids is 1. The number of rotatable bonds is 5. The van der Waals surface area contributed by atoms with Crippen LogP contribution >= 0.6 is 11.6 Å². The number of hydrogen-bond donors (Lipinski definition) is 1. The molecule has 150 valence electrons. The van der Waals surface area contributed by atoms with Crippen molar-refractivity contribution in [2.24, 2.45) is 0 Å². The lowest BCUT2D eigenvalue weighted by Gasteiger charge is -2.24. The average Bonchev–Trinajstić information content (AvgIpc) is 3.11. The zero-order chi connectivity index (χ0) is 20.3. The third-order valence-corrected chi connectivity index (χ3v) is 4.82. The van der Waals surface area contributed by atoms with Crippen LogP contribution < -0.4 is 5.32 Å². The van der Waals surface area contributed by atoms with Crippen molar-refractivity contribution < 1.29 is 18.0 Å². The van der Waals surface area contributed by atoms with E-state index in [-0.39, 0.29) is 18.1 Å². The summed E-state index contributed by atoms with van der Waals surface area (Å²) in [4.78, 5) is 14.6. The molecule has 0 unspecified atom stereocenters.